The SMILES string of the molecule is CC(=O)c1cn(CC(=O)N2C[C@H](F)CC2C(=O)Nc2nc(-c3ccccc3Cl)ns2)c2ccc(-c3ccnnc3)cc12. The minimum atomic E-state index is -1.36. The molecular weight excluding hydrogens is 581 g/mol. The van der Waals surface area contributed by atoms with E-state index in [-0.39, 0.29) is 30.4 Å². The molecule has 10 nitrogen and oxygen atoms in total. The van der Waals surface area contributed by atoms with Crippen LogP contribution in [0.5, 0.6) is 0 Å². The van der Waals surface area contributed by atoms with Gasteiger partial charge in [-0.15, -0.1) is 0 Å². The molecule has 1 N–H and O–H groups in total. The molecule has 0 radical (unpaired) electrons. The maximum atomic E-state index is 14.6. The van der Waals surface area contributed by atoms with Gasteiger partial charge in [-0.05, 0) is 42.8 Å². The lowest BCUT2D eigenvalue weighted by Gasteiger charge is -2.23. The molecule has 0 saturated carbocycles. The average Bonchev–Trinajstić information content (AvgIpc) is 3.71. The van der Waals surface area contributed by atoms with Gasteiger partial charge in [0.05, 0.1) is 24.0 Å². The van der Waals surface area contributed by atoms with Crippen LogP contribution < -0.4 is 5.32 Å². The lowest BCUT2D eigenvalue weighted by atomic mass is 10.0. The Morgan fingerprint density at radius 2 is 1.95 bits per heavy atom. The molecular formula is C29H23ClFN7O3S. The van der Waals surface area contributed by atoms with E-state index in [9.17, 15) is 18.8 Å². The number of likely N-dealkylation sites (tertiary alicyclic amines) is 1. The molecule has 4 heterocycles. The number of aromatic nitrogens is 5. The quantitative estimate of drug-likeness (QED) is 0.258. The molecule has 5 aromatic rings. The highest BCUT2D eigenvalue weighted by Gasteiger charge is 2.40. The van der Waals surface area contributed by atoms with Crippen molar-refractivity contribution < 1.29 is 18.8 Å². The van der Waals surface area contributed by atoms with E-state index in [1.54, 1.807) is 47.4 Å². The van der Waals surface area contributed by atoms with Crippen LogP contribution >= 0.6 is 23.1 Å². The number of nitrogens with zero attached hydrogens (tertiary/aromatic N) is 6. The highest BCUT2D eigenvalue weighted by Crippen LogP contribution is 2.30. The number of hydrogen-bond donors (Lipinski definition) is 1. The highest BCUT2D eigenvalue weighted by atomic mass is 35.5. The van der Waals surface area contributed by atoms with E-state index < -0.39 is 24.0 Å². The number of benzene rings is 2. The largest absolute Gasteiger partial charge is 0.337 e. The first-order chi connectivity index (χ1) is 20.3. The molecule has 1 unspecified atom stereocenters. The molecule has 0 bridgehead atoms. The molecule has 42 heavy (non-hydrogen) atoms. The van der Waals surface area contributed by atoms with Crippen LogP contribution in [0.1, 0.15) is 23.7 Å². The third kappa shape index (κ3) is 5.38. The summed E-state index contributed by atoms with van der Waals surface area (Å²) in [4.78, 5) is 44.7. The zero-order valence-corrected chi connectivity index (χ0v) is 23.8. The first-order valence-electron chi connectivity index (χ1n) is 13.0. The molecule has 1 aliphatic rings. The van der Waals surface area contributed by atoms with Gasteiger partial charge in [0.25, 0.3) is 0 Å². The number of halogens is 2. The lowest BCUT2D eigenvalue weighted by molar-refractivity contribution is -0.137. The minimum Gasteiger partial charge on any atom is -0.337 e. The number of fused-ring (bicyclic) bond motifs is 1. The molecule has 1 saturated heterocycles. The van der Waals surface area contributed by atoms with Gasteiger partial charge in [0, 0.05) is 51.7 Å². The predicted molar refractivity (Wildman–Crippen MR) is 157 cm³/mol. The van der Waals surface area contributed by atoms with Gasteiger partial charge < -0.3 is 9.47 Å². The summed E-state index contributed by atoms with van der Waals surface area (Å²) in [5.41, 5.74) is 3.41. The third-order valence-electron chi connectivity index (χ3n) is 7.13. The zero-order valence-electron chi connectivity index (χ0n) is 22.2. The van der Waals surface area contributed by atoms with E-state index in [2.05, 4.69) is 24.9 Å². The van der Waals surface area contributed by atoms with Gasteiger partial charge in [0.15, 0.2) is 11.6 Å². The Bertz CT molecular complexity index is 1830. The van der Waals surface area contributed by atoms with Crippen molar-refractivity contribution in [3.63, 3.8) is 0 Å². The topological polar surface area (TPSA) is 123 Å². The Labute approximate surface area is 248 Å². The summed E-state index contributed by atoms with van der Waals surface area (Å²) in [7, 11) is 0. The smallest absolute Gasteiger partial charge is 0.249 e. The number of alkyl halides is 1. The van der Waals surface area contributed by atoms with Crippen LogP contribution in [-0.2, 0) is 16.1 Å². The van der Waals surface area contributed by atoms with Crippen molar-refractivity contribution in [2.45, 2.75) is 32.1 Å². The van der Waals surface area contributed by atoms with Gasteiger partial charge in [-0.2, -0.15) is 19.6 Å². The van der Waals surface area contributed by atoms with E-state index >= 15 is 0 Å². The van der Waals surface area contributed by atoms with Gasteiger partial charge >= 0.3 is 0 Å². The Morgan fingerprint density at radius 1 is 1.12 bits per heavy atom. The Hall–Kier alpha value is -4.55. The molecule has 0 aliphatic carbocycles. The van der Waals surface area contributed by atoms with Crippen molar-refractivity contribution >= 4 is 56.8 Å². The second-order valence-electron chi connectivity index (χ2n) is 9.88. The Kier molecular flexibility index (Phi) is 7.48. The van der Waals surface area contributed by atoms with Crippen molar-refractivity contribution in [2.24, 2.45) is 0 Å². The summed E-state index contributed by atoms with van der Waals surface area (Å²) < 4.78 is 20.5. The fraction of sp³-hybridized carbons (Fsp3) is 0.207. The molecule has 2 aromatic carbocycles. The first-order valence-corrected chi connectivity index (χ1v) is 14.2. The fourth-order valence-electron chi connectivity index (χ4n) is 5.11. The van der Waals surface area contributed by atoms with Gasteiger partial charge in [-0.3, -0.25) is 19.7 Å². The first kappa shape index (κ1) is 27.6. The van der Waals surface area contributed by atoms with Crippen molar-refractivity contribution in [1.82, 2.24) is 29.0 Å². The maximum Gasteiger partial charge on any atom is 0.249 e. The average molecular weight is 604 g/mol. The van der Waals surface area contributed by atoms with Crippen molar-refractivity contribution in [3.8, 4) is 22.5 Å². The Balaban J connectivity index is 1.22. The number of Topliss-reactive ketones (excluding diaryl/α,β-unsaturated/α-hetero) is 1. The highest BCUT2D eigenvalue weighted by molar-refractivity contribution is 7.10. The van der Waals surface area contributed by atoms with Crippen molar-refractivity contribution in [2.75, 3.05) is 11.9 Å². The summed E-state index contributed by atoms with van der Waals surface area (Å²) in [6.45, 7) is 1.07. The van der Waals surface area contributed by atoms with E-state index in [0.29, 0.717) is 32.9 Å². The van der Waals surface area contributed by atoms with Crippen LogP contribution in [0.3, 0.4) is 0 Å². The second-order valence-corrected chi connectivity index (χ2v) is 11.0. The number of ketones is 1. The lowest BCUT2D eigenvalue weighted by Crippen LogP contribution is -2.44. The fourth-order valence-corrected chi connectivity index (χ4v) is 5.92. The molecule has 13 heteroatoms. The molecule has 0 spiro atoms. The minimum absolute atomic E-state index is 0.137. The summed E-state index contributed by atoms with van der Waals surface area (Å²) in [5, 5.41) is 11.7. The Morgan fingerprint density at radius 3 is 2.71 bits per heavy atom. The molecule has 2 atom stereocenters. The van der Waals surface area contributed by atoms with Crippen LogP contribution in [0.2, 0.25) is 5.02 Å². The van der Waals surface area contributed by atoms with Crippen LogP contribution in [0.25, 0.3) is 33.4 Å². The molecule has 1 aliphatic heterocycles. The number of anilines is 1. The second kappa shape index (κ2) is 11.4. The van der Waals surface area contributed by atoms with Crippen LogP contribution in [0, 0.1) is 0 Å². The number of carbonyl (C=O) groups is 3. The molecule has 1 fully saturated rings. The van der Waals surface area contributed by atoms with Crippen LogP contribution in [-0.4, -0.2) is 65.4 Å². The van der Waals surface area contributed by atoms with Crippen molar-refractivity contribution in [1.29, 1.82) is 0 Å². The summed E-state index contributed by atoms with van der Waals surface area (Å²) in [6, 6.07) is 13.4. The third-order valence-corrected chi connectivity index (χ3v) is 8.09. The van der Waals surface area contributed by atoms with Gasteiger partial charge in [-0.1, -0.05) is 29.8 Å². The number of carbonyl (C=O) groups excluding carboxylic acids is 3. The molecule has 3 aromatic heterocycles. The molecule has 2 amide bonds. The number of hydrogen-bond acceptors (Lipinski definition) is 8. The van der Waals surface area contributed by atoms with Crippen LogP contribution in [0.4, 0.5) is 9.52 Å². The van der Waals surface area contributed by atoms with E-state index in [4.69, 9.17) is 11.6 Å². The van der Waals surface area contributed by atoms with E-state index in [0.717, 1.165) is 22.7 Å². The number of rotatable bonds is 7. The molecule has 212 valence electrons. The standard InChI is InChI=1S/C29H23ClFN7O3S/c1-16(39)22-14-37(24-7-6-17(10-21(22)24)18-8-9-32-33-12-18)15-26(40)38-13-19(31)11-25(38)28(41)35-29-34-27(36-42-29)20-4-2-3-5-23(20)30/h2-10,12,14,19,25H,11,13,15H2,1H3,(H,34,35,36,41)/t19-,25?/m1/s1. The summed E-state index contributed by atoms with van der Waals surface area (Å²) in [6.07, 6.45) is 3.33. The van der Waals surface area contributed by atoms with Crippen LogP contribution in [0.15, 0.2) is 67.1 Å². The van der Waals surface area contributed by atoms with E-state index in [1.807, 2.05) is 24.3 Å². The summed E-state index contributed by atoms with van der Waals surface area (Å²) in [5.74, 6) is -0.805. The zero-order chi connectivity index (χ0) is 29.4. The van der Waals surface area contributed by atoms with Crippen molar-refractivity contribution in [3.05, 3.63) is 77.7 Å². The number of nitrogens with one attached hydrogen (secondary N) is 1. The normalized spacial score (nSPS) is 16.6. The predicted octanol–water partition coefficient (Wildman–Crippen LogP) is 5.05. The van der Waals surface area contributed by atoms with Gasteiger partial charge in [-0.25, -0.2) is 4.39 Å². The summed E-state index contributed by atoms with van der Waals surface area (Å²) >= 11 is 7.20. The number of amides is 2. The van der Waals surface area contributed by atoms with E-state index in [1.165, 1.54) is 11.8 Å². The van der Waals surface area contributed by atoms with Gasteiger partial charge in [0.2, 0.25) is 16.9 Å². The molecule has 6 rings (SSSR count). The van der Waals surface area contributed by atoms with Gasteiger partial charge in [0.1, 0.15) is 18.8 Å². The maximum absolute atomic E-state index is 14.6. The monoisotopic (exact) mass is 603 g/mol.